The molecule has 1 aliphatic rings. The second-order valence-electron chi connectivity index (χ2n) is 1.97. The molecule has 0 amide bonds. The lowest BCUT2D eigenvalue weighted by Crippen LogP contribution is -1.93. The van der Waals surface area contributed by atoms with Crippen molar-refractivity contribution in [2.45, 2.75) is 19.5 Å². The molecule has 1 nitrogen and oxygen atoms in total. The first-order valence-electron chi connectivity index (χ1n) is 2.36. The van der Waals surface area contributed by atoms with Crippen LogP contribution in [0.4, 0.5) is 4.39 Å². The first-order chi connectivity index (χ1) is 3.22. The number of alkyl halides is 1. The van der Waals surface area contributed by atoms with Gasteiger partial charge in [0.15, 0.2) is 0 Å². The molecule has 2 heteroatoms. The van der Waals surface area contributed by atoms with Crippen LogP contribution in [0.25, 0.3) is 0 Å². The Balaban J connectivity index is 2.33. The Kier molecular flexibility index (Phi) is 0.873. The molecule has 0 heterocycles. The van der Waals surface area contributed by atoms with Gasteiger partial charge in [0.25, 0.3) is 0 Å². The Hall–Kier alpha value is -0.400. The van der Waals surface area contributed by atoms with Gasteiger partial charge in [0.2, 0.25) is 0 Å². The molecule has 0 aromatic carbocycles. The maximum Gasteiger partial charge on any atom is 0.135 e. The van der Waals surface area contributed by atoms with E-state index < -0.39 is 6.17 Å². The summed E-state index contributed by atoms with van der Waals surface area (Å²) in [5, 5.41) is 0. The van der Waals surface area contributed by atoms with E-state index in [2.05, 4.69) is 0 Å². The molecule has 0 aromatic heterocycles. The van der Waals surface area contributed by atoms with Gasteiger partial charge in [0, 0.05) is 0 Å². The number of carbonyl (C=O) groups is 1. The smallest absolute Gasteiger partial charge is 0.135 e. The molecule has 0 N–H and O–H groups in total. The molecule has 0 bridgehead atoms. The third kappa shape index (κ3) is 0.787. The zero-order valence-electron chi connectivity index (χ0n) is 4.15. The van der Waals surface area contributed by atoms with Crippen molar-refractivity contribution in [3.63, 3.8) is 0 Å². The maximum absolute atomic E-state index is 11.8. The van der Waals surface area contributed by atoms with Crippen LogP contribution in [0.3, 0.4) is 0 Å². The van der Waals surface area contributed by atoms with E-state index in [1.54, 1.807) is 0 Å². The van der Waals surface area contributed by atoms with E-state index in [1.165, 1.54) is 6.92 Å². The zero-order chi connectivity index (χ0) is 5.44. The summed E-state index contributed by atoms with van der Waals surface area (Å²) in [7, 11) is 0. The van der Waals surface area contributed by atoms with Crippen LogP contribution in [0.2, 0.25) is 0 Å². The van der Waals surface area contributed by atoms with Crippen LogP contribution >= 0.6 is 0 Å². The highest BCUT2D eigenvalue weighted by Gasteiger charge is 2.40. The van der Waals surface area contributed by atoms with Crippen molar-refractivity contribution in [2.24, 2.45) is 5.92 Å². The third-order valence-corrected chi connectivity index (χ3v) is 1.23. The standard InChI is InChI=1S/C5H7FO/c1-3(7)4-2-5(4)6/h4-5H,2H2,1H3/t4-,5-/m0/s1. The van der Waals surface area contributed by atoms with Crippen LogP contribution in [0.15, 0.2) is 0 Å². The summed E-state index contributed by atoms with van der Waals surface area (Å²) in [6.07, 6.45) is -0.340. The molecular formula is C5H7FO. The normalized spacial score (nSPS) is 38.0. The summed E-state index contributed by atoms with van der Waals surface area (Å²) in [5.74, 6) is -0.243. The van der Waals surface area contributed by atoms with E-state index in [0.29, 0.717) is 6.42 Å². The van der Waals surface area contributed by atoms with Crippen molar-refractivity contribution >= 4 is 5.78 Å². The van der Waals surface area contributed by atoms with Crippen LogP contribution in [-0.2, 0) is 4.79 Å². The highest BCUT2D eigenvalue weighted by atomic mass is 19.1. The van der Waals surface area contributed by atoms with E-state index in [9.17, 15) is 9.18 Å². The first-order valence-corrected chi connectivity index (χ1v) is 2.36. The van der Waals surface area contributed by atoms with Crippen molar-refractivity contribution < 1.29 is 9.18 Å². The molecule has 0 aliphatic heterocycles. The van der Waals surface area contributed by atoms with Gasteiger partial charge in [-0.25, -0.2) is 4.39 Å². The highest BCUT2D eigenvalue weighted by Crippen LogP contribution is 2.33. The van der Waals surface area contributed by atoms with Gasteiger partial charge in [-0.05, 0) is 13.3 Å². The quantitative estimate of drug-likeness (QED) is 0.481. The monoisotopic (exact) mass is 102 g/mol. The number of hydrogen-bond acceptors (Lipinski definition) is 1. The van der Waals surface area contributed by atoms with Crippen molar-refractivity contribution in [3.8, 4) is 0 Å². The van der Waals surface area contributed by atoms with Crippen LogP contribution in [0.1, 0.15) is 13.3 Å². The molecule has 1 aliphatic carbocycles. The molecule has 0 saturated heterocycles. The molecule has 1 fully saturated rings. The average Bonchev–Trinajstić information content (AvgIpc) is 2.17. The molecule has 40 valence electrons. The minimum atomic E-state index is -0.808. The number of ketones is 1. The van der Waals surface area contributed by atoms with E-state index in [1.807, 2.05) is 0 Å². The SMILES string of the molecule is CC(=O)[C@@H]1C[C@@H]1F. The van der Waals surface area contributed by atoms with Crippen molar-refractivity contribution in [3.05, 3.63) is 0 Å². The van der Waals surface area contributed by atoms with Gasteiger partial charge in [-0.15, -0.1) is 0 Å². The summed E-state index contributed by atoms with van der Waals surface area (Å²) in [6.45, 7) is 1.43. The minimum absolute atomic E-state index is 0.00694. The number of hydrogen-bond donors (Lipinski definition) is 0. The summed E-state index contributed by atoms with van der Waals surface area (Å²) in [4.78, 5) is 10.2. The topological polar surface area (TPSA) is 17.1 Å². The van der Waals surface area contributed by atoms with Crippen LogP contribution < -0.4 is 0 Å². The molecule has 0 aromatic rings. The van der Waals surface area contributed by atoms with E-state index in [-0.39, 0.29) is 11.7 Å². The van der Waals surface area contributed by atoms with Gasteiger partial charge >= 0.3 is 0 Å². The van der Waals surface area contributed by atoms with Gasteiger partial charge in [-0.3, -0.25) is 4.79 Å². The molecule has 0 radical (unpaired) electrons. The Bertz CT molecular complexity index is 100. The Labute approximate surface area is 41.5 Å². The third-order valence-electron chi connectivity index (χ3n) is 1.23. The molecule has 0 spiro atoms. The molecule has 1 rings (SSSR count). The molecular weight excluding hydrogens is 95.1 g/mol. The predicted octanol–water partition coefficient (Wildman–Crippen LogP) is 0.933. The van der Waals surface area contributed by atoms with Crippen molar-refractivity contribution in [1.29, 1.82) is 0 Å². The minimum Gasteiger partial charge on any atom is -0.300 e. The zero-order valence-corrected chi connectivity index (χ0v) is 4.15. The van der Waals surface area contributed by atoms with Gasteiger partial charge in [0.05, 0.1) is 5.92 Å². The lowest BCUT2D eigenvalue weighted by molar-refractivity contribution is -0.118. The fourth-order valence-electron chi connectivity index (χ4n) is 0.585. The largest absolute Gasteiger partial charge is 0.300 e. The van der Waals surface area contributed by atoms with E-state index in [4.69, 9.17) is 0 Å². The first kappa shape index (κ1) is 4.75. The molecule has 0 unspecified atom stereocenters. The fourth-order valence-corrected chi connectivity index (χ4v) is 0.585. The lowest BCUT2D eigenvalue weighted by atomic mass is 10.3. The second-order valence-corrected chi connectivity index (χ2v) is 1.97. The van der Waals surface area contributed by atoms with Gasteiger partial charge in [0.1, 0.15) is 12.0 Å². The van der Waals surface area contributed by atoms with Gasteiger partial charge in [-0.1, -0.05) is 0 Å². The number of rotatable bonds is 1. The summed E-state index contributed by atoms with van der Waals surface area (Å²) in [6, 6.07) is 0. The number of Topliss-reactive ketones (excluding diaryl/α,β-unsaturated/α-hetero) is 1. The predicted molar refractivity (Wildman–Crippen MR) is 23.7 cm³/mol. The van der Waals surface area contributed by atoms with Crippen molar-refractivity contribution in [2.75, 3.05) is 0 Å². The van der Waals surface area contributed by atoms with Crippen LogP contribution in [0, 0.1) is 5.92 Å². The Morgan fingerprint density at radius 3 is 2.29 bits per heavy atom. The maximum atomic E-state index is 11.8. The molecule has 1 saturated carbocycles. The Morgan fingerprint density at radius 2 is 2.29 bits per heavy atom. The van der Waals surface area contributed by atoms with Gasteiger partial charge < -0.3 is 0 Å². The summed E-state index contributed by atoms with van der Waals surface area (Å²) in [5.41, 5.74) is 0. The highest BCUT2D eigenvalue weighted by molar-refractivity contribution is 5.81. The van der Waals surface area contributed by atoms with Crippen LogP contribution in [0.5, 0.6) is 0 Å². The average molecular weight is 102 g/mol. The Morgan fingerprint density at radius 1 is 1.86 bits per heavy atom. The summed E-state index contributed by atoms with van der Waals surface area (Å²) >= 11 is 0. The van der Waals surface area contributed by atoms with Gasteiger partial charge in [-0.2, -0.15) is 0 Å². The molecule has 7 heavy (non-hydrogen) atoms. The second kappa shape index (κ2) is 1.29. The fraction of sp³-hybridized carbons (Fsp3) is 0.800. The number of carbonyl (C=O) groups excluding carboxylic acids is 1. The number of halogens is 1. The van der Waals surface area contributed by atoms with E-state index in [0.717, 1.165) is 0 Å². The lowest BCUT2D eigenvalue weighted by Gasteiger charge is -1.78. The van der Waals surface area contributed by atoms with Crippen molar-refractivity contribution in [1.82, 2.24) is 0 Å². The van der Waals surface area contributed by atoms with Crippen LogP contribution in [-0.4, -0.2) is 12.0 Å². The molecule has 2 atom stereocenters. The summed E-state index contributed by atoms with van der Waals surface area (Å²) < 4.78 is 11.8. The van der Waals surface area contributed by atoms with E-state index >= 15 is 0 Å².